The quantitative estimate of drug-likeness (QED) is 0.783. The van der Waals surface area contributed by atoms with Crippen molar-refractivity contribution < 1.29 is 13.2 Å². The van der Waals surface area contributed by atoms with Crippen molar-refractivity contribution >= 4 is 10.0 Å². The number of ether oxygens (including phenoxy) is 1. The molecule has 13 heavy (non-hydrogen) atoms. The van der Waals surface area contributed by atoms with Crippen molar-refractivity contribution in [1.82, 2.24) is 4.72 Å². The van der Waals surface area contributed by atoms with Gasteiger partial charge >= 0.3 is 0 Å². The molecule has 71 valence electrons. The minimum atomic E-state index is -3.44. The molecule has 0 atom stereocenters. The summed E-state index contributed by atoms with van der Waals surface area (Å²) >= 11 is 0. The van der Waals surface area contributed by atoms with Gasteiger partial charge in [-0.15, -0.1) is 0 Å². The monoisotopic (exact) mass is 200 g/mol. The summed E-state index contributed by atoms with van der Waals surface area (Å²) in [4.78, 5) is 0.170. The maximum Gasteiger partial charge on any atom is 0.240 e. The zero-order valence-electron chi connectivity index (χ0n) is 7.15. The molecule has 0 heterocycles. The van der Waals surface area contributed by atoms with Crippen molar-refractivity contribution in [2.24, 2.45) is 0 Å². The normalized spacial score (nSPS) is 11.2. The Kier molecular flexibility index (Phi) is 2.90. The Morgan fingerprint density at radius 2 is 1.85 bits per heavy atom. The van der Waals surface area contributed by atoms with E-state index in [0.717, 1.165) is 0 Å². The molecule has 0 amide bonds. The summed E-state index contributed by atoms with van der Waals surface area (Å²) in [6, 6.07) is 6.05. The molecule has 0 aliphatic rings. The molecule has 0 spiro atoms. The molecule has 0 aliphatic carbocycles. The van der Waals surface area contributed by atoms with Gasteiger partial charge < -0.3 is 4.74 Å². The fourth-order valence-electron chi connectivity index (χ4n) is 0.838. The molecule has 1 rings (SSSR count). The summed E-state index contributed by atoms with van der Waals surface area (Å²) in [5.74, 6) is 0.614. The highest BCUT2D eigenvalue weighted by Crippen LogP contribution is 2.14. The Bertz CT molecular complexity index is 369. The minimum absolute atomic E-state index is 0.170. The number of methoxy groups -OCH3 is 1. The largest absolute Gasteiger partial charge is 0.497 e. The summed E-state index contributed by atoms with van der Waals surface area (Å²) in [7, 11) is 1.18. The van der Waals surface area contributed by atoms with Crippen LogP contribution in [0.3, 0.4) is 0 Å². The predicted octanol–water partition coefficient (Wildman–Crippen LogP) is 0.765. The zero-order valence-corrected chi connectivity index (χ0v) is 7.97. The lowest BCUT2D eigenvalue weighted by atomic mass is 10.3. The molecule has 0 unspecified atom stereocenters. The van der Waals surface area contributed by atoms with Crippen molar-refractivity contribution in [2.75, 3.05) is 7.11 Å². The van der Waals surface area contributed by atoms with Gasteiger partial charge in [-0.05, 0) is 24.3 Å². The Morgan fingerprint density at radius 1 is 1.31 bits per heavy atom. The summed E-state index contributed by atoms with van der Waals surface area (Å²) in [5, 5.41) is 0. The fraction of sp³-hybridized carbons (Fsp3) is 0.125. The second-order valence-electron chi connectivity index (χ2n) is 2.32. The molecular formula is C8H10NO3S. The molecule has 1 aromatic carbocycles. The van der Waals surface area contributed by atoms with Gasteiger partial charge in [0.05, 0.1) is 12.0 Å². The van der Waals surface area contributed by atoms with Gasteiger partial charge in [0.1, 0.15) is 5.75 Å². The third-order valence-corrected chi connectivity index (χ3v) is 2.83. The van der Waals surface area contributed by atoms with E-state index in [1.165, 1.54) is 19.2 Å². The second kappa shape index (κ2) is 3.76. The van der Waals surface area contributed by atoms with E-state index in [1.807, 2.05) is 4.72 Å². The number of hydrogen-bond donors (Lipinski definition) is 1. The van der Waals surface area contributed by atoms with Crippen LogP contribution in [0.15, 0.2) is 29.2 Å². The second-order valence-corrected chi connectivity index (χ2v) is 4.09. The molecule has 1 radical (unpaired) electrons. The van der Waals surface area contributed by atoms with Crippen LogP contribution in [0.2, 0.25) is 0 Å². The highest BCUT2D eigenvalue weighted by molar-refractivity contribution is 7.89. The zero-order chi connectivity index (χ0) is 9.90. The van der Waals surface area contributed by atoms with Crippen LogP contribution in [-0.4, -0.2) is 15.5 Å². The van der Waals surface area contributed by atoms with Crippen LogP contribution in [0.25, 0.3) is 0 Å². The smallest absolute Gasteiger partial charge is 0.240 e. The van der Waals surface area contributed by atoms with E-state index < -0.39 is 10.0 Å². The molecule has 4 nitrogen and oxygen atoms in total. The molecule has 0 aromatic heterocycles. The molecule has 1 N–H and O–H groups in total. The van der Waals surface area contributed by atoms with Crippen molar-refractivity contribution in [1.29, 1.82) is 0 Å². The Morgan fingerprint density at radius 3 is 2.23 bits per heavy atom. The van der Waals surface area contributed by atoms with Gasteiger partial charge in [0, 0.05) is 7.05 Å². The lowest BCUT2D eigenvalue weighted by Crippen LogP contribution is -2.16. The van der Waals surface area contributed by atoms with Crippen molar-refractivity contribution in [3.05, 3.63) is 31.3 Å². The van der Waals surface area contributed by atoms with E-state index in [0.29, 0.717) is 5.75 Å². The molecule has 1 aromatic rings. The van der Waals surface area contributed by atoms with Gasteiger partial charge in [0.2, 0.25) is 10.0 Å². The van der Waals surface area contributed by atoms with Gasteiger partial charge in [-0.1, -0.05) is 0 Å². The van der Waals surface area contributed by atoms with Crippen molar-refractivity contribution in [2.45, 2.75) is 4.90 Å². The van der Waals surface area contributed by atoms with E-state index in [-0.39, 0.29) is 4.90 Å². The van der Waals surface area contributed by atoms with Crippen molar-refractivity contribution in [3.63, 3.8) is 0 Å². The van der Waals surface area contributed by atoms with E-state index in [2.05, 4.69) is 7.05 Å². The number of benzene rings is 1. The van der Waals surface area contributed by atoms with Crippen LogP contribution in [-0.2, 0) is 10.0 Å². The molecule has 5 heteroatoms. The van der Waals surface area contributed by atoms with E-state index >= 15 is 0 Å². The molecule has 0 saturated heterocycles. The summed E-state index contributed by atoms with van der Waals surface area (Å²) in [6.07, 6.45) is 0. The van der Waals surface area contributed by atoms with Crippen LogP contribution < -0.4 is 9.46 Å². The van der Waals surface area contributed by atoms with Gasteiger partial charge in [-0.2, -0.15) is 0 Å². The first kappa shape index (κ1) is 10.0. The van der Waals surface area contributed by atoms with Gasteiger partial charge in [-0.3, -0.25) is 0 Å². The molecular weight excluding hydrogens is 190 g/mol. The highest BCUT2D eigenvalue weighted by Gasteiger charge is 2.09. The molecule has 0 saturated carbocycles. The fourth-order valence-corrected chi connectivity index (χ4v) is 1.50. The van der Waals surface area contributed by atoms with Gasteiger partial charge in [0.25, 0.3) is 0 Å². The molecule has 0 aliphatic heterocycles. The Labute approximate surface area is 77.6 Å². The Balaban J connectivity index is 3.06. The van der Waals surface area contributed by atoms with E-state index in [4.69, 9.17) is 4.74 Å². The van der Waals surface area contributed by atoms with Crippen molar-refractivity contribution in [3.8, 4) is 5.75 Å². The average Bonchev–Trinajstić information content (AvgIpc) is 2.18. The summed E-state index contributed by atoms with van der Waals surface area (Å²) in [6.45, 7) is 0. The average molecular weight is 200 g/mol. The third kappa shape index (κ3) is 2.19. The predicted molar refractivity (Wildman–Crippen MR) is 48.7 cm³/mol. The third-order valence-electron chi connectivity index (χ3n) is 1.56. The number of sulfonamides is 1. The topological polar surface area (TPSA) is 55.4 Å². The standard InChI is InChI=1S/C8H10NO3S/c1-9-13(10,11)8-5-3-7(12-2)4-6-8/h3-6,9H,1H2,2H3. The minimum Gasteiger partial charge on any atom is -0.497 e. The van der Waals surface area contributed by atoms with Crippen LogP contribution in [0.1, 0.15) is 0 Å². The van der Waals surface area contributed by atoms with Crippen LogP contribution in [0, 0.1) is 7.05 Å². The van der Waals surface area contributed by atoms with Crippen LogP contribution in [0.5, 0.6) is 5.75 Å². The number of nitrogens with one attached hydrogen (secondary N) is 1. The Hall–Kier alpha value is -1.07. The number of rotatable bonds is 3. The van der Waals surface area contributed by atoms with Crippen LogP contribution >= 0.6 is 0 Å². The van der Waals surface area contributed by atoms with E-state index in [1.54, 1.807) is 12.1 Å². The highest BCUT2D eigenvalue weighted by atomic mass is 32.2. The maximum atomic E-state index is 11.2. The molecule has 0 bridgehead atoms. The first-order chi connectivity index (χ1) is 6.10. The maximum absolute atomic E-state index is 11.2. The van der Waals surface area contributed by atoms with Gasteiger partial charge in [0.15, 0.2) is 0 Å². The first-order valence-electron chi connectivity index (χ1n) is 3.53. The first-order valence-corrected chi connectivity index (χ1v) is 5.01. The summed E-state index contributed by atoms with van der Waals surface area (Å²) in [5.41, 5.74) is 0. The summed E-state index contributed by atoms with van der Waals surface area (Å²) < 4.78 is 29.2. The number of hydrogen-bond acceptors (Lipinski definition) is 3. The molecule has 0 fully saturated rings. The SMILES string of the molecule is [CH2]NS(=O)(=O)c1ccc(OC)cc1. The van der Waals surface area contributed by atoms with E-state index in [9.17, 15) is 8.42 Å². The van der Waals surface area contributed by atoms with Crippen LogP contribution in [0.4, 0.5) is 0 Å². The lowest BCUT2D eigenvalue weighted by Gasteiger charge is -2.03. The van der Waals surface area contributed by atoms with Gasteiger partial charge in [-0.25, -0.2) is 13.1 Å². The lowest BCUT2D eigenvalue weighted by molar-refractivity contribution is 0.414.